The van der Waals surface area contributed by atoms with E-state index in [2.05, 4.69) is 41.8 Å². The van der Waals surface area contributed by atoms with Crippen molar-refractivity contribution in [3.63, 3.8) is 0 Å². The molecule has 1 rings (SSSR count). The maximum Gasteiger partial charge on any atom is 0.104 e. The molecule has 1 aromatic heterocycles. The van der Waals surface area contributed by atoms with E-state index in [0.29, 0.717) is 0 Å². The van der Waals surface area contributed by atoms with Crippen molar-refractivity contribution in [1.29, 1.82) is 0 Å². The van der Waals surface area contributed by atoms with Crippen molar-refractivity contribution in [3.05, 3.63) is 16.4 Å². The highest BCUT2D eigenvalue weighted by molar-refractivity contribution is 9.10. The molecule has 0 aliphatic rings. The van der Waals surface area contributed by atoms with Crippen molar-refractivity contribution >= 4 is 15.9 Å². The molecule has 2 nitrogen and oxygen atoms in total. The number of rotatable bonds is 0. The van der Waals surface area contributed by atoms with E-state index in [1.54, 1.807) is 0 Å². The van der Waals surface area contributed by atoms with Crippen molar-refractivity contribution in [2.45, 2.75) is 33.2 Å². The lowest BCUT2D eigenvalue weighted by molar-refractivity contribution is 0.347. The molecule has 3 heteroatoms. The molecule has 0 saturated heterocycles. The summed E-state index contributed by atoms with van der Waals surface area (Å²) < 4.78 is 3.02. The molecule has 0 unspecified atom stereocenters. The lowest BCUT2D eigenvalue weighted by Gasteiger charge is -2.20. The molecule has 0 N–H and O–H groups in total. The van der Waals surface area contributed by atoms with Gasteiger partial charge in [-0.25, -0.2) is 0 Å². The standard InChI is InChI=1S/C8H13BrN2/c1-6-5-7(9)11(10-6)8(2,3)4/h5H,1-4H3. The Bertz CT molecular complexity index is 258. The van der Waals surface area contributed by atoms with Crippen LogP contribution < -0.4 is 0 Å². The van der Waals surface area contributed by atoms with Crippen LogP contribution in [0.15, 0.2) is 10.7 Å². The minimum atomic E-state index is 0.0626. The summed E-state index contributed by atoms with van der Waals surface area (Å²) in [6.45, 7) is 8.38. The lowest BCUT2D eigenvalue weighted by Crippen LogP contribution is -2.23. The average Bonchev–Trinajstić information content (AvgIpc) is 2.08. The van der Waals surface area contributed by atoms with E-state index in [4.69, 9.17) is 0 Å². The van der Waals surface area contributed by atoms with Gasteiger partial charge in [-0.3, -0.25) is 4.68 Å². The second-order valence-corrected chi connectivity index (χ2v) is 4.50. The minimum absolute atomic E-state index is 0.0626. The molecule has 0 radical (unpaired) electrons. The van der Waals surface area contributed by atoms with Crippen LogP contribution in [0.4, 0.5) is 0 Å². The highest BCUT2D eigenvalue weighted by atomic mass is 79.9. The number of aryl methyl sites for hydroxylation is 1. The molecular weight excluding hydrogens is 204 g/mol. The molecule has 0 aliphatic carbocycles. The number of nitrogens with zero attached hydrogens (tertiary/aromatic N) is 2. The van der Waals surface area contributed by atoms with Gasteiger partial charge in [-0.15, -0.1) is 0 Å². The molecule has 1 heterocycles. The molecule has 0 amide bonds. The Morgan fingerprint density at radius 3 is 2.18 bits per heavy atom. The predicted octanol–water partition coefficient (Wildman–Crippen LogP) is 2.71. The topological polar surface area (TPSA) is 17.8 Å². The largest absolute Gasteiger partial charge is 0.253 e. The van der Waals surface area contributed by atoms with Gasteiger partial charge in [0, 0.05) is 0 Å². The summed E-state index contributed by atoms with van der Waals surface area (Å²) in [5.41, 5.74) is 1.11. The normalized spacial score (nSPS) is 12.1. The molecule has 0 atom stereocenters. The maximum atomic E-state index is 4.35. The summed E-state index contributed by atoms with van der Waals surface area (Å²) in [5.74, 6) is 0. The Morgan fingerprint density at radius 1 is 1.45 bits per heavy atom. The molecule has 11 heavy (non-hydrogen) atoms. The number of hydrogen-bond acceptors (Lipinski definition) is 1. The zero-order valence-corrected chi connectivity index (χ0v) is 8.94. The highest BCUT2D eigenvalue weighted by Gasteiger charge is 2.16. The molecule has 62 valence electrons. The number of halogens is 1. The van der Waals surface area contributed by atoms with Crippen LogP contribution in [0.5, 0.6) is 0 Å². The second-order valence-electron chi connectivity index (χ2n) is 3.69. The molecular formula is C8H13BrN2. The van der Waals surface area contributed by atoms with E-state index in [9.17, 15) is 0 Å². The third-order valence-electron chi connectivity index (χ3n) is 1.42. The Kier molecular flexibility index (Phi) is 2.10. The Labute approximate surface area is 75.7 Å². The van der Waals surface area contributed by atoms with E-state index in [-0.39, 0.29) is 5.54 Å². The fraction of sp³-hybridized carbons (Fsp3) is 0.625. The summed E-state index contributed by atoms with van der Waals surface area (Å²) in [6.07, 6.45) is 0. The zero-order valence-electron chi connectivity index (χ0n) is 7.35. The van der Waals surface area contributed by atoms with Gasteiger partial charge in [0.15, 0.2) is 0 Å². The van der Waals surface area contributed by atoms with Gasteiger partial charge < -0.3 is 0 Å². The molecule has 0 saturated carbocycles. The van der Waals surface area contributed by atoms with Gasteiger partial charge in [0.05, 0.1) is 11.2 Å². The first-order chi connectivity index (χ1) is 4.91. The predicted molar refractivity (Wildman–Crippen MR) is 49.7 cm³/mol. The van der Waals surface area contributed by atoms with E-state index < -0.39 is 0 Å². The third-order valence-corrected chi connectivity index (χ3v) is 1.99. The van der Waals surface area contributed by atoms with Gasteiger partial charge in [-0.1, -0.05) is 0 Å². The number of aromatic nitrogens is 2. The summed E-state index contributed by atoms with van der Waals surface area (Å²) in [4.78, 5) is 0. The van der Waals surface area contributed by atoms with Crippen LogP contribution in [-0.4, -0.2) is 9.78 Å². The molecule has 0 aromatic carbocycles. The second kappa shape index (κ2) is 2.63. The van der Waals surface area contributed by atoms with Crippen LogP contribution in [0, 0.1) is 6.92 Å². The lowest BCUT2D eigenvalue weighted by atomic mass is 10.1. The zero-order chi connectivity index (χ0) is 8.65. The van der Waals surface area contributed by atoms with Gasteiger partial charge in [0.25, 0.3) is 0 Å². The van der Waals surface area contributed by atoms with Crippen LogP contribution in [0.2, 0.25) is 0 Å². The summed E-state index contributed by atoms with van der Waals surface area (Å²) in [5, 5.41) is 4.35. The summed E-state index contributed by atoms with van der Waals surface area (Å²) in [6, 6.07) is 2.02. The average molecular weight is 217 g/mol. The Morgan fingerprint density at radius 2 is 2.00 bits per heavy atom. The minimum Gasteiger partial charge on any atom is -0.253 e. The molecule has 0 spiro atoms. The molecule has 0 bridgehead atoms. The van der Waals surface area contributed by atoms with E-state index >= 15 is 0 Å². The van der Waals surface area contributed by atoms with Crippen molar-refractivity contribution < 1.29 is 0 Å². The van der Waals surface area contributed by atoms with Crippen LogP contribution in [0.1, 0.15) is 26.5 Å². The van der Waals surface area contributed by atoms with Crippen LogP contribution in [0.25, 0.3) is 0 Å². The first kappa shape index (κ1) is 8.78. The molecule has 0 aliphatic heterocycles. The highest BCUT2D eigenvalue weighted by Crippen LogP contribution is 2.20. The van der Waals surface area contributed by atoms with Crippen LogP contribution in [0.3, 0.4) is 0 Å². The quantitative estimate of drug-likeness (QED) is 0.653. The first-order valence-electron chi connectivity index (χ1n) is 3.64. The smallest absolute Gasteiger partial charge is 0.104 e. The fourth-order valence-corrected chi connectivity index (χ4v) is 1.88. The van der Waals surface area contributed by atoms with Gasteiger partial charge >= 0.3 is 0 Å². The monoisotopic (exact) mass is 216 g/mol. The Balaban J connectivity index is 3.13. The van der Waals surface area contributed by atoms with Gasteiger partial charge in [0.1, 0.15) is 4.60 Å². The number of hydrogen-bond donors (Lipinski definition) is 0. The third kappa shape index (κ3) is 1.83. The first-order valence-corrected chi connectivity index (χ1v) is 4.43. The maximum absolute atomic E-state index is 4.35. The van der Waals surface area contributed by atoms with Crippen molar-refractivity contribution in [2.24, 2.45) is 0 Å². The fourth-order valence-electron chi connectivity index (χ4n) is 0.938. The SMILES string of the molecule is Cc1cc(Br)n(C(C)(C)C)n1. The van der Waals surface area contributed by atoms with E-state index in [1.165, 1.54) is 0 Å². The van der Waals surface area contributed by atoms with E-state index in [1.807, 2.05) is 17.7 Å². The Hall–Kier alpha value is -0.310. The van der Waals surface area contributed by atoms with Gasteiger partial charge in [0.2, 0.25) is 0 Å². The summed E-state index contributed by atoms with van der Waals surface area (Å²) >= 11 is 3.45. The summed E-state index contributed by atoms with van der Waals surface area (Å²) in [7, 11) is 0. The van der Waals surface area contributed by atoms with Crippen molar-refractivity contribution in [3.8, 4) is 0 Å². The molecule has 1 aromatic rings. The van der Waals surface area contributed by atoms with Gasteiger partial charge in [-0.2, -0.15) is 5.10 Å². The van der Waals surface area contributed by atoms with E-state index in [0.717, 1.165) is 10.3 Å². The molecule has 0 fully saturated rings. The van der Waals surface area contributed by atoms with Crippen molar-refractivity contribution in [2.75, 3.05) is 0 Å². The van der Waals surface area contributed by atoms with Crippen LogP contribution in [-0.2, 0) is 5.54 Å². The van der Waals surface area contributed by atoms with Crippen LogP contribution >= 0.6 is 15.9 Å². The van der Waals surface area contributed by atoms with Gasteiger partial charge in [-0.05, 0) is 49.7 Å². The van der Waals surface area contributed by atoms with Crippen molar-refractivity contribution in [1.82, 2.24) is 9.78 Å².